The fourth-order valence-corrected chi connectivity index (χ4v) is 1.42. The number of nitrogens with two attached hydrogens (primary N) is 1. The molecule has 16 heavy (non-hydrogen) atoms. The minimum atomic E-state index is -0.0371. The largest absolute Gasteiger partial charge is 0.497 e. The van der Waals surface area contributed by atoms with E-state index in [1.54, 1.807) is 7.11 Å². The van der Waals surface area contributed by atoms with E-state index in [9.17, 15) is 0 Å². The Morgan fingerprint density at radius 3 is 2.50 bits per heavy atom. The predicted molar refractivity (Wildman–Crippen MR) is 66.0 cm³/mol. The van der Waals surface area contributed by atoms with Crippen molar-refractivity contribution in [3.05, 3.63) is 23.8 Å². The third-order valence-corrected chi connectivity index (χ3v) is 2.61. The van der Waals surface area contributed by atoms with Gasteiger partial charge in [0.05, 0.1) is 13.2 Å². The van der Waals surface area contributed by atoms with E-state index >= 15 is 0 Å². The van der Waals surface area contributed by atoms with E-state index in [-0.39, 0.29) is 12.1 Å². The standard InChI is InChI=1S/C13H21NO2/c1-5-9(2)16-13-8-11(15-4)6-7-12(13)10(3)14/h6-10H,5,14H2,1-4H3. The zero-order valence-electron chi connectivity index (χ0n) is 10.5. The van der Waals surface area contributed by atoms with Crippen molar-refractivity contribution in [1.82, 2.24) is 0 Å². The summed E-state index contributed by atoms with van der Waals surface area (Å²) < 4.78 is 11.0. The fraction of sp³-hybridized carbons (Fsp3) is 0.538. The highest BCUT2D eigenvalue weighted by Crippen LogP contribution is 2.29. The van der Waals surface area contributed by atoms with Crippen LogP contribution in [-0.2, 0) is 0 Å². The maximum Gasteiger partial charge on any atom is 0.128 e. The van der Waals surface area contributed by atoms with Crippen LogP contribution in [0.15, 0.2) is 18.2 Å². The molecule has 0 fully saturated rings. The molecule has 3 nitrogen and oxygen atoms in total. The van der Waals surface area contributed by atoms with Crippen molar-refractivity contribution >= 4 is 0 Å². The van der Waals surface area contributed by atoms with E-state index in [2.05, 4.69) is 6.92 Å². The van der Waals surface area contributed by atoms with Crippen LogP contribution < -0.4 is 15.2 Å². The van der Waals surface area contributed by atoms with E-state index in [1.807, 2.05) is 32.0 Å². The van der Waals surface area contributed by atoms with Gasteiger partial charge < -0.3 is 15.2 Å². The summed E-state index contributed by atoms with van der Waals surface area (Å²) in [5, 5.41) is 0. The maximum absolute atomic E-state index is 5.90. The molecule has 1 aromatic rings. The Balaban J connectivity index is 3.00. The van der Waals surface area contributed by atoms with Gasteiger partial charge in [0.2, 0.25) is 0 Å². The topological polar surface area (TPSA) is 44.5 Å². The molecule has 90 valence electrons. The third-order valence-electron chi connectivity index (χ3n) is 2.61. The Labute approximate surface area is 97.6 Å². The second kappa shape index (κ2) is 5.75. The highest BCUT2D eigenvalue weighted by molar-refractivity contribution is 5.42. The van der Waals surface area contributed by atoms with Crippen LogP contribution in [0.1, 0.15) is 38.8 Å². The minimum Gasteiger partial charge on any atom is -0.497 e. The molecule has 0 amide bonds. The lowest BCUT2D eigenvalue weighted by Gasteiger charge is -2.18. The summed E-state index contributed by atoms with van der Waals surface area (Å²) >= 11 is 0. The van der Waals surface area contributed by atoms with Gasteiger partial charge >= 0.3 is 0 Å². The molecule has 0 heterocycles. The lowest BCUT2D eigenvalue weighted by Crippen LogP contribution is -2.14. The highest BCUT2D eigenvalue weighted by atomic mass is 16.5. The quantitative estimate of drug-likeness (QED) is 0.834. The van der Waals surface area contributed by atoms with E-state index in [0.29, 0.717) is 0 Å². The molecule has 1 rings (SSSR count). The Bertz CT molecular complexity index is 337. The van der Waals surface area contributed by atoms with Crippen LogP contribution in [0, 0.1) is 0 Å². The number of hydrogen-bond donors (Lipinski definition) is 1. The number of ether oxygens (including phenoxy) is 2. The molecule has 0 saturated heterocycles. The van der Waals surface area contributed by atoms with Crippen LogP contribution in [0.25, 0.3) is 0 Å². The molecular formula is C13H21NO2. The average molecular weight is 223 g/mol. The molecule has 3 heteroatoms. The number of rotatable bonds is 5. The number of benzene rings is 1. The molecule has 2 atom stereocenters. The number of methoxy groups -OCH3 is 1. The van der Waals surface area contributed by atoms with Gasteiger partial charge in [-0.05, 0) is 26.3 Å². The highest BCUT2D eigenvalue weighted by Gasteiger charge is 2.11. The van der Waals surface area contributed by atoms with Gasteiger partial charge in [-0.25, -0.2) is 0 Å². The molecule has 2 N–H and O–H groups in total. The van der Waals surface area contributed by atoms with Crippen LogP contribution in [0.2, 0.25) is 0 Å². The first-order valence-corrected chi connectivity index (χ1v) is 5.68. The lowest BCUT2D eigenvalue weighted by atomic mass is 10.1. The van der Waals surface area contributed by atoms with Crippen LogP contribution in [0.4, 0.5) is 0 Å². The summed E-state index contributed by atoms with van der Waals surface area (Å²) in [6.45, 7) is 6.09. The molecule has 0 radical (unpaired) electrons. The Morgan fingerprint density at radius 2 is 2.00 bits per heavy atom. The monoisotopic (exact) mass is 223 g/mol. The van der Waals surface area contributed by atoms with Crippen molar-refractivity contribution in [2.75, 3.05) is 7.11 Å². The van der Waals surface area contributed by atoms with Gasteiger partial charge in [0, 0.05) is 17.7 Å². The molecule has 0 bridgehead atoms. The predicted octanol–water partition coefficient (Wildman–Crippen LogP) is 2.89. The van der Waals surface area contributed by atoms with Crippen molar-refractivity contribution in [1.29, 1.82) is 0 Å². The van der Waals surface area contributed by atoms with Crippen molar-refractivity contribution in [2.24, 2.45) is 5.73 Å². The maximum atomic E-state index is 5.90. The molecule has 0 aromatic heterocycles. The van der Waals surface area contributed by atoms with Gasteiger partial charge in [-0.2, -0.15) is 0 Å². The average Bonchev–Trinajstić information content (AvgIpc) is 2.28. The van der Waals surface area contributed by atoms with Crippen molar-refractivity contribution < 1.29 is 9.47 Å². The van der Waals surface area contributed by atoms with Gasteiger partial charge in [0.15, 0.2) is 0 Å². The molecule has 0 spiro atoms. The Hall–Kier alpha value is -1.22. The second-order valence-electron chi connectivity index (χ2n) is 4.03. The van der Waals surface area contributed by atoms with E-state index in [4.69, 9.17) is 15.2 Å². The zero-order chi connectivity index (χ0) is 12.1. The van der Waals surface area contributed by atoms with Crippen LogP contribution in [0.5, 0.6) is 11.5 Å². The van der Waals surface area contributed by atoms with Crippen LogP contribution in [0.3, 0.4) is 0 Å². The molecular weight excluding hydrogens is 202 g/mol. The van der Waals surface area contributed by atoms with Gasteiger partial charge in [-0.3, -0.25) is 0 Å². The second-order valence-corrected chi connectivity index (χ2v) is 4.03. The first kappa shape index (κ1) is 12.8. The van der Waals surface area contributed by atoms with Crippen molar-refractivity contribution in [3.63, 3.8) is 0 Å². The zero-order valence-corrected chi connectivity index (χ0v) is 10.5. The minimum absolute atomic E-state index is 0.0371. The fourth-order valence-electron chi connectivity index (χ4n) is 1.42. The molecule has 2 unspecified atom stereocenters. The first-order valence-electron chi connectivity index (χ1n) is 5.68. The lowest BCUT2D eigenvalue weighted by molar-refractivity contribution is 0.213. The SMILES string of the molecule is CCC(C)Oc1cc(OC)ccc1C(C)N. The Morgan fingerprint density at radius 1 is 1.31 bits per heavy atom. The van der Waals surface area contributed by atoms with Crippen LogP contribution >= 0.6 is 0 Å². The summed E-state index contributed by atoms with van der Waals surface area (Å²) in [6, 6.07) is 5.72. The van der Waals surface area contributed by atoms with Gasteiger partial charge in [-0.1, -0.05) is 13.0 Å². The summed E-state index contributed by atoms with van der Waals surface area (Å²) in [7, 11) is 1.65. The van der Waals surface area contributed by atoms with Crippen molar-refractivity contribution in [2.45, 2.75) is 39.3 Å². The molecule has 0 saturated carbocycles. The van der Waals surface area contributed by atoms with Gasteiger partial charge in [0.1, 0.15) is 11.5 Å². The molecule has 1 aromatic carbocycles. The van der Waals surface area contributed by atoms with E-state index < -0.39 is 0 Å². The smallest absolute Gasteiger partial charge is 0.128 e. The summed E-state index contributed by atoms with van der Waals surface area (Å²) in [4.78, 5) is 0. The number of hydrogen-bond acceptors (Lipinski definition) is 3. The summed E-state index contributed by atoms with van der Waals surface area (Å²) in [5.41, 5.74) is 6.92. The van der Waals surface area contributed by atoms with E-state index in [0.717, 1.165) is 23.5 Å². The summed E-state index contributed by atoms with van der Waals surface area (Å²) in [5.74, 6) is 1.62. The van der Waals surface area contributed by atoms with Gasteiger partial charge in [-0.15, -0.1) is 0 Å². The molecule has 0 aliphatic carbocycles. The third kappa shape index (κ3) is 3.14. The Kier molecular flexibility index (Phi) is 4.62. The van der Waals surface area contributed by atoms with Gasteiger partial charge in [0.25, 0.3) is 0 Å². The first-order chi connectivity index (χ1) is 7.58. The summed E-state index contributed by atoms with van der Waals surface area (Å²) in [6.07, 6.45) is 1.15. The molecule has 0 aliphatic rings. The van der Waals surface area contributed by atoms with E-state index in [1.165, 1.54) is 0 Å². The normalized spacial score (nSPS) is 14.3. The molecule has 0 aliphatic heterocycles. The van der Waals surface area contributed by atoms with Crippen molar-refractivity contribution in [3.8, 4) is 11.5 Å². The van der Waals surface area contributed by atoms with Crippen LogP contribution in [-0.4, -0.2) is 13.2 Å².